The van der Waals surface area contributed by atoms with Crippen molar-refractivity contribution in [1.82, 2.24) is 9.62 Å². The molecule has 3 atom stereocenters. The highest BCUT2D eigenvalue weighted by atomic mass is 32.2. The molecule has 2 N–H and O–H groups in total. The van der Waals surface area contributed by atoms with Gasteiger partial charge in [0.25, 0.3) is 0 Å². The number of amides is 1. The lowest BCUT2D eigenvalue weighted by Crippen LogP contribution is -2.51. The molecule has 3 aromatic carbocycles. The molecule has 1 saturated heterocycles. The second-order valence-corrected chi connectivity index (χ2v) is 11.0. The molecule has 1 unspecified atom stereocenters. The number of sulfonamides is 1. The van der Waals surface area contributed by atoms with Crippen LogP contribution in [-0.4, -0.2) is 60.7 Å². The van der Waals surface area contributed by atoms with Crippen LogP contribution in [0, 0.1) is 0 Å². The van der Waals surface area contributed by atoms with E-state index in [0.29, 0.717) is 10.9 Å². The highest BCUT2D eigenvalue weighted by Gasteiger charge is 2.44. The lowest BCUT2D eigenvalue weighted by molar-refractivity contribution is -0.145. The maximum absolute atomic E-state index is 13.7. The lowest BCUT2D eigenvalue weighted by Gasteiger charge is -2.26. The summed E-state index contributed by atoms with van der Waals surface area (Å²) in [4.78, 5) is 25.8. The molecule has 4 rings (SSSR count). The third kappa shape index (κ3) is 5.29. The van der Waals surface area contributed by atoms with Gasteiger partial charge in [0.1, 0.15) is 17.8 Å². The van der Waals surface area contributed by atoms with Crippen LogP contribution < -0.4 is 5.32 Å². The Morgan fingerprint density at radius 3 is 2.51 bits per heavy atom. The van der Waals surface area contributed by atoms with Crippen molar-refractivity contribution in [2.45, 2.75) is 35.1 Å². The predicted molar refractivity (Wildman–Crippen MR) is 135 cm³/mol. The molecule has 0 saturated carbocycles. The first-order chi connectivity index (χ1) is 16.7. The number of thiol groups is 1. The van der Waals surface area contributed by atoms with Crippen molar-refractivity contribution < 1.29 is 27.9 Å². The van der Waals surface area contributed by atoms with Crippen LogP contribution in [0.3, 0.4) is 0 Å². The molecule has 184 valence electrons. The van der Waals surface area contributed by atoms with E-state index < -0.39 is 34.0 Å². The monoisotopic (exact) mass is 514 g/mol. The van der Waals surface area contributed by atoms with E-state index >= 15 is 0 Å². The molecule has 1 aliphatic heterocycles. The van der Waals surface area contributed by atoms with Crippen molar-refractivity contribution in [1.29, 1.82) is 0 Å². The Labute approximate surface area is 209 Å². The molecule has 10 heteroatoms. The first kappa shape index (κ1) is 25.0. The summed E-state index contributed by atoms with van der Waals surface area (Å²) in [6.07, 6.45) is 0.317. The van der Waals surface area contributed by atoms with Gasteiger partial charge in [-0.2, -0.15) is 16.9 Å². The normalized spacial score (nSPS) is 19.4. The van der Waals surface area contributed by atoms with Gasteiger partial charge in [-0.15, -0.1) is 0 Å². The van der Waals surface area contributed by atoms with Crippen LogP contribution in [0.25, 0.3) is 10.8 Å². The smallest absolute Gasteiger partial charge is 0.328 e. The maximum atomic E-state index is 13.7. The summed E-state index contributed by atoms with van der Waals surface area (Å²) in [5.41, 5.74) is 0.692. The van der Waals surface area contributed by atoms with E-state index in [4.69, 9.17) is 4.74 Å². The number of ether oxygens (including phenoxy) is 1. The summed E-state index contributed by atoms with van der Waals surface area (Å²) in [7, 11) is -2.82. The van der Waals surface area contributed by atoms with Crippen molar-refractivity contribution in [2.75, 3.05) is 13.7 Å². The van der Waals surface area contributed by atoms with Gasteiger partial charge >= 0.3 is 5.97 Å². The quantitative estimate of drug-likeness (QED) is 0.330. The summed E-state index contributed by atoms with van der Waals surface area (Å²) in [6.45, 7) is 0.0631. The van der Waals surface area contributed by atoms with E-state index in [9.17, 15) is 23.1 Å². The van der Waals surface area contributed by atoms with Gasteiger partial charge in [0.15, 0.2) is 0 Å². The Bertz CT molecular complexity index is 1340. The summed E-state index contributed by atoms with van der Waals surface area (Å²) >= 11 is 4.46. The number of carbonyl (C=O) groups is 2. The molecule has 1 fully saturated rings. The van der Waals surface area contributed by atoms with Crippen LogP contribution in [-0.2, 0) is 30.8 Å². The highest BCUT2D eigenvalue weighted by molar-refractivity contribution is 7.89. The topological polar surface area (TPSA) is 113 Å². The summed E-state index contributed by atoms with van der Waals surface area (Å²) in [6, 6.07) is 16.3. The number of nitrogens with zero attached hydrogens (tertiary/aromatic N) is 1. The second kappa shape index (κ2) is 10.3. The predicted octanol–water partition coefficient (Wildman–Crippen LogP) is 2.51. The number of phenolic OH excluding ortho intramolecular Hbond substituents is 1. The molecule has 3 aromatic rings. The zero-order valence-corrected chi connectivity index (χ0v) is 20.7. The lowest BCUT2D eigenvalue weighted by atomic mass is 10.0. The molecular formula is C25H26N2O6S2. The van der Waals surface area contributed by atoms with Gasteiger partial charge in [-0.1, -0.05) is 48.5 Å². The Balaban J connectivity index is 1.61. The highest BCUT2D eigenvalue weighted by Crippen LogP contribution is 2.32. The summed E-state index contributed by atoms with van der Waals surface area (Å²) in [5.74, 6) is -1.18. The van der Waals surface area contributed by atoms with Crippen LogP contribution in [0.1, 0.15) is 12.0 Å². The van der Waals surface area contributed by atoms with Gasteiger partial charge in [0.2, 0.25) is 15.9 Å². The maximum Gasteiger partial charge on any atom is 0.328 e. The molecule has 1 aliphatic rings. The zero-order chi connectivity index (χ0) is 25.2. The van der Waals surface area contributed by atoms with Gasteiger partial charge in [0.05, 0.1) is 12.0 Å². The molecule has 0 aliphatic carbocycles. The molecule has 0 bridgehead atoms. The minimum Gasteiger partial charge on any atom is -0.508 e. The minimum atomic E-state index is -4.04. The first-order valence-corrected chi connectivity index (χ1v) is 13.0. The number of aromatic hydroxyl groups is 1. The number of benzene rings is 3. The van der Waals surface area contributed by atoms with Crippen LogP contribution in [0.2, 0.25) is 0 Å². The van der Waals surface area contributed by atoms with Crippen LogP contribution >= 0.6 is 12.6 Å². The van der Waals surface area contributed by atoms with Crippen LogP contribution in [0.15, 0.2) is 71.6 Å². The third-order valence-corrected chi connectivity index (χ3v) is 8.36. The molecule has 0 aromatic heterocycles. The second-order valence-electron chi connectivity index (χ2n) is 8.41. The van der Waals surface area contributed by atoms with E-state index in [0.717, 1.165) is 9.69 Å². The number of esters is 1. The largest absolute Gasteiger partial charge is 0.508 e. The van der Waals surface area contributed by atoms with Gasteiger partial charge in [0, 0.05) is 23.6 Å². The van der Waals surface area contributed by atoms with Gasteiger partial charge in [-0.25, -0.2) is 13.2 Å². The minimum absolute atomic E-state index is 0.0631. The summed E-state index contributed by atoms with van der Waals surface area (Å²) in [5, 5.41) is 13.2. The molecule has 1 amide bonds. The average Bonchev–Trinajstić information content (AvgIpc) is 3.26. The number of hydrogen-bond acceptors (Lipinski definition) is 7. The van der Waals surface area contributed by atoms with Gasteiger partial charge in [-0.05, 0) is 35.6 Å². The van der Waals surface area contributed by atoms with E-state index in [2.05, 4.69) is 17.9 Å². The van der Waals surface area contributed by atoms with Crippen LogP contribution in [0.4, 0.5) is 0 Å². The number of carbonyl (C=O) groups excluding carboxylic acids is 2. The fourth-order valence-electron chi connectivity index (χ4n) is 4.31. The van der Waals surface area contributed by atoms with Crippen molar-refractivity contribution >= 4 is 45.3 Å². The van der Waals surface area contributed by atoms with E-state index in [1.54, 1.807) is 30.3 Å². The van der Waals surface area contributed by atoms with Gasteiger partial charge < -0.3 is 15.2 Å². The number of hydrogen-bond donors (Lipinski definition) is 3. The van der Waals surface area contributed by atoms with Crippen LogP contribution in [0.5, 0.6) is 5.75 Å². The Morgan fingerprint density at radius 2 is 1.80 bits per heavy atom. The van der Waals surface area contributed by atoms with E-state index in [-0.39, 0.29) is 35.3 Å². The molecule has 0 spiro atoms. The number of nitrogens with one attached hydrogen (secondary N) is 1. The number of fused-ring (bicyclic) bond motifs is 1. The van der Waals surface area contributed by atoms with Gasteiger partial charge in [-0.3, -0.25) is 4.79 Å². The Hall–Kier alpha value is -3.08. The van der Waals surface area contributed by atoms with E-state index in [1.807, 2.05) is 18.2 Å². The number of phenols is 1. The molecule has 1 heterocycles. The SMILES string of the molecule is COC(=O)C(Cc1ccc(O)cc1)NC(=O)[C@@H]1C[C@H](S)CN1S(=O)(=O)c1cccc2ccccc12. The standard InChI is InChI=1S/C25H26N2O6S2/c1-33-25(30)21(13-16-9-11-18(28)12-10-16)26-24(29)22-14-19(34)15-27(22)35(31,32)23-8-4-6-17-5-2-3-7-20(17)23/h2-12,19,21-22,28,34H,13-15H2,1H3,(H,26,29)/t19-,21?,22-/m0/s1. The van der Waals surface area contributed by atoms with Crippen molar-refractivity contribution in [3.8, 4) is 5.75 Å². The van der Waals surface area contributed by atoms with Crippen molar-refractivity contribution in [3.05, 3.63) is 72.3 Å². The summed E-state index contributed by atoms with van der Waals surface area (Å²) < 4.78 is 33.4. The Kier molecular flexibility index (Phi) is 7.34. The number of methoxy groups -OCH3 is 1. The fourth-order valence-corrected chi connectivity index (χ4v) is 6.65. The molecule has 35 heavy (non-hydrogen) atoms. The number of rotatable bonds is 7. The molecule has 8 nitrogen and oxygen atoms in total. The zero-order valence-electron chi connectivity index (χ0n) is 19.0. The molecule has 0 radical (unpaired) electrons. The van der Waals surface area contributed by atoms with Crippen molar-refractivity contribution in [2.24, 2.45) is 0 Å². The van der Waals surface area contributed by atoms with Crippen molar-refractivity contribution in [3.63, 3.8) is 0 Å². The average molecular weight is 515 g/mol. The van der Waals surface area contributed by atoms with E-state index in [1.165, 1.54) is 25.3 Å². The Morgan fingerprint density at radius 1 is 1.11 bits per heavy atom. The fraction of sp³-hybridized carbons (Fsp3) is 0.280. The molecular weight excluding hydrogens is 488 g/mol. The first-order valence-electron chi connectivity index (χ1n) is 11.0. The third-order valence-electron chi connectivity index (χ3n) is 6.05.